The number of rotatable bonds is 5. The summed E-state index contributed by atoms with van der Waals surface area (Å²) in [7, 11) is 0. The maximum absolute atomic E-state index is 12.2. The van der Waals surface area contributed by atoms with Crippen molar-refractivity contribution in [3.8, 4) is 0 Å². The Bertz CT molecular complexity index is 380. The van der Waals surface area contributed by atoms with Crippen LogP contribution in [0.5, 0.6) is 0 Å². The lowest BCUT2D eigenvalue weighted by Gasteiger charge is -2.18. The zero-order valence-electron chi connectivity index (χ0n) is 10.5. The van der Waals surface area contributed by atoms with E-state index in [-0.39, 0.29) is 5.78 Å². The Morgan fingerprint density at radius 3 is 2.56 bits per heavy atom. The number of carbonyl (C=O) groups is 2. The highest BCUT2D eigenvalue weighted by Crippen LogP contribution is 2.59. The molecule has 0 bridgehead atoms. The Morgan fingerprint density at radius 1 is 1.44 bits per heavy atom. The molecule has 3 aliphatic rings. The van der Waals surface area contributed by atoms with E-state index in [4.69, 9.17) is 9.84 Å². The SMILES string of the molecule is C[C@]1(C(=O)[C@H](CC2[C@H]3CCC[C@H]23)NC(=O)O)CO1. The van der Waals surface area contributed by atoms with Gasteiger partial charge < -0.3 is 15.2 Å². The summed E-state index contributed by atoms with van der Waals surface area (Å²) in [5.74, 6) is 1.92. The summed E-state index contributed by atoms with van der Waals surface area (Å²) in [5.41, 5.74) is -0.739. The normalized spacial score (nSPS) is 41.9. The third-order valence-corrected chi connectivity index (χ3v) is 4.80. The third kappa shape index (κ3) is 2.00. The van der Waals surface area contributed by atoms with Gasteiger partial charge in [0.1, 0.15) is 5.60 Å². The molecule has 1 aliphatic heterocycles. The van der Waals surface area contributed by atoms with Crippen molar-refractivity contribution in [2.75, 3.05) is 6.61 Å². The van der Waals surface area contributed by atoms with Crippen LogP contribution in [0.3, 0.4) is 0 Å². The highest BCUT2D eigenvalue weighted by atomic mass is 16.6. The van der Waals surface area contributed by atoms with Crippen LogP contribution in [-0.2, 0) is 9.53 Å². The topological polar surface area (TPSA) is 78.9 Å². The fourth-order valence-electron chi connectivity index (χ4n) is 3.59. The van der Waals surface area contributed by atoms with Crippen LogP contribution < -0.4 is 5.32 Å². The van der Waals surface area contributed by atoms with Gasteiger partial charge in [-0.3, -0.25) is 4.79 Å². The minimum absolute atomic E-state index is 0.102. The van der Waals surface area contributed by atoms with E-state index in [1.807, 2.05) is 0 Å². The van der Waals surface area contributed by atoms with Crippen LogP contribution in [0.25, 0.3) is 0 Å². The van der Waals surface area contributed by atoms with E-state index in [0.29, 0.717) is 18.9 Å². The fourth-order valence-corrected chi connectivity index (χ4v) is 3.59. The molecule has 0 spiro atoms. The Kier molecular flexibility index (Phi) is 2.62. The lowest BCUT2D eigenvalue weighted by atomic mass is 9.94. The molecule has 1 amide bonds. The summed E-state index contributed by atoms with van der Waals surface area (Å²) in [6.45, 7) is 2.15. The number of ketones is 1. The van der Waals surface area contributed by atoms with Gasteiger partial charge in [0.2, 0.25) is 0 Å². The highest BCUT2D eigenvalue weighted by Gasteiger charge is 2.56. The van der Waals surface area contributed by atoms with Crippen molar-refractivity contribution in [1.82, 2.24) is 5.32 Å². The molecular weight excluding hydrogens is 234 g/mol. The maximum Gasteiger partial charge on any atom is 0.405 e. The molecule has 1 saturated heterocycles. The van der Waals surface area contributed by atoms with Gasteiger partial charge in [-0.25, -0.2) is 4.79 Å². The summed E-state index contributed by atoms with van der Waals surface area (Å²) < 4.78 is 5.13. The molecule has 2 N–H and O–H groups in total. The van der Waals surface area contributed by atoms with Gasteiger partial charge in [-0.05, 0) is 43.9 Å². The van der Waals surface area contributed by atoms with Crippen LogP contribution in [0.15, 0.2) is 0 Å². The smallest absolute Gasteiger partial charge is 0.405 e. The van der Waals surface area contributed by atoms with Crippen molar-refractivity contribution in [3.05, 3.63) is 0 Å². The summed E-state index contributed by atoms with van der Waals surface area (Å²) in [5, 5.41) is 11.2. The Balaban J connectivity index is 1.62. The van der Waals surface area contributed by atoms with E-state index in [9.17, 15) is 9.59 Å². The van der Waals surface area contributed by atoms with Crippen LogP contribution in [-0.4, -0.2) is 35.2 Å². The fraction of sp³-hybridized carbons (Fsp3) is 0.846. The highest BCUT2D eigenvalue weighted by molar-refractivity contribution is 5.95. The summed E-state index contributed by atoms with van der Waals surface area (Å²) in [6, 6.07) is -0.592. The molecule has 18 heavy (non-hydrogen) atoms. The van der Waals surface area contributed by atoms with E-state index in [2.05, 4.69) is 5.32 Å². The number of hydrogen-bond donors (Lipinski definition) is 2. The van der Waals surface area contributed by atoms with Crippen molar-refractivity contribution in [3.63, 3.8) is 0 Å². The quantitative estimate of drug-likeness (QED) is 0.726. The predicted octanol–water partition coefficient (Wildman–Crippen LogP) is 1.42. The molecule has 5 heteroatoms. The average Bonchev–Trinajstić information content (AvgIpc) is 3.14. The lowest BCUT2D eigenvalue weighted by Crippen LogP contribution is -2.46. The molecule has 100 valence electrons. The van der Waals surface area contributed by atoms with Crippen LogP contribution in [0.2, 0.25) is 0 Å². The molecule has 4 atom stereocenters. The van der Waals surface area contributed by atoms with Crippen LogP contribution in [0.1, 0.15) is 32.6 Å². The zero-order chi connectivity index (χ0) is 12.9. The summed E-state index contributed by atoms with van der Waals surface area (Å²) >= 11 is 0. The maximum atomic E-state index is 12.2. The van der Waals surface area contributed by atoms with E-state index in [1.54, 1.807) is 6.92 Å². The second-order valence-electron chi connectivity index (χ2n) is 6.04. The Labute approximate surface area is 106 Å². The molecule has 0 radical (unpaired) electrons. The first-order chi connectivity index (χ1) is 8.51. The van der Waals surface area contributed by atoms with Crippen molar-refractivity contribution < 1.29 is 19.4 Å². The molecule has 0 aromatic carbocycles. The lowest BCUT2D eigenvalue weighted by molar-refractivity contribution is -0.125. The number of amides is 1. The Morgan fingerprint density at radius 2 is 2.06 bits per heavy atom. The summed E-state index contributed by atoms with van der Waals surface area (Å²) in [4.78, 5) is 23.0. The molecule has 2 aliphatic carbocycles. The molecule has 1 heterocycles. The molecule has 0 aromatic rings. The predicted molar refractivity (Wildman–Crippen MR) is 63.3 cm³/mol. The van der Waals surface area contributed by atoms with E-state index in [1.165, 1.54) is 19.3 Å². The number of Topliss-reactive ketones (excluding diaryl/α,β-unsaturated/α-hetero) is 1. The molecule has 3 rings (SSSR count). The van der Waals surface area contributed by atoms with Gasteiger partial charge in [0.05, 0.1) is 12.6 Å². The van der Waals surface area contributed by atoms with Crippen LogP contribution in [0, 0.1) is 17.8 Å². The van der Waals surface area contributed by atoms with Crippen LogP contribution >= 0.6 is 0 Å². The van der Waals surface area contributed by atoms with E-state index >= 15 is 0 Å². The third-order valence-electron chi connectivity index (χ3n) is 4.80. The van der Waals surface area contributed by atoms with Crippen molar-refractivity contribution in [1.29, 1.82) is 0 Å². The first-order valence-corrected chi connectivity index (χ1v) is 6.69. The number of carbonyl (C=O) groups excluding carboxylic acids is 1. The van der Waals surface area contributed by atoms with Gasteiger partial charge in [-0.2, -0.15) is 0 Å². The van der Waals surface area contributed by atoms with Gasteiger partial charge in [0.25, 0.3) is 0 Å². The first-order valence-electron chi connectivity index (χ1n) is 6.69. The van der Waals surface area contributed by atoms with E-state index in [0.717, 1.165) is 11.8 Å². The Hall–Kier alpha value is -1.10. The number of epoxide rings is 1. The number of ether oxygens (including phenoxy) is 1. The number of carboxylic acid groups (broad SMARTS) is 1. The van der Waals surface area contributed by atoms with Crippen molar-refractivity contribution in [2.45, 2.75) is 44.2 Å². The molecule has 3 fully saturated rings. The largest absolute Gasteiger partial charge is 0.465 e. The van der Waals surface area contributed by atoms with Crippen molar-refractivity contribution in [2.24, 2.45) is 17.8 Å². The molecule has 0 unspecified atom stereocenters. The summed E-state index contributed by atoms with van der Waals surface area (Å²) in [6.07, 6.45) is 3.31. The standard InChI is InChI=1S/C13H19NO4/c1-13(6-18-13)11(15)10(14-12(16)17)5-9-7-3-2-4-8(7)9/h7-10,14H,2-6H2,1H3,(H,16,17)/t7-,8-,10-,13+/m0/s1. The van der Waals surface area contributed by atoms with Gasteiger partial charge in [0, 0.05) is 0 Å². The van der Waals surface area contributed by atoms with Gasteiger partial charge in [-0.1, -0.05) is 6.42 Å². The second kappa shape index (κ2) is 3.95. The van der Waals surface area contributed by atoms with Gasteiger partial charge in [-0.15, -0.1) is 0 Å². The second-order valence-corrected chi connectivity index (χ2v) is 6.04. The monoisotopic (exact) mass is 253 g/mol. The van der Waals surface area contributed by atoms with Gasteiger partial charge >= 0.3 is 6.09 Å². The minimum Gasteiger partial charge on any atom is -0.465 e. The van der Waals surface area contributed by atoms with Gasteiger partial charge in [0.15, 0.2) is 5.78 Å². The van der Waals surface area contributed by atoms with E-state index < -0.39 is 17.7 Å². The number of hydrogen-bond acceptors (Lipinski definition) is 3. The zero-order valence-corrected chi connectivity index (χ0v) is 10.5. The minimum atomic E-state index is -1.12. The molecule has 0 aromatic heterocycles. The average molecular weight is 253 g/mol. The number of nitrogens with one attached hydrogen (secondary N) is 1. The van der Waals surface area contributed by atoms with Crippen LogP contribution in [0.4, 0.5) is 4.79 Å². The molecule has 5 nitrogen and oxygen atoms in total. The van der Waals surface area contributed by atoms with Crippen molar-refractivity contribution >= 4 is 11.9 Å². The molecular formula is C13H19NO4. The first kappa shape index (κ1) is 12.0. The molecule has 2 saturated carbocycles. The number of fused-ring (bicyclic) bond motifs is 1.